The molecule has 0 fully saturated rings. The Balaban J connectivity index is 3.39. The summed E-state index contributed by atoms with van der Waals surface area (Å²) in [6.07, 6.45) is 2.14. The summed E-state index contributed by atoms with van der Waals surface area (Å²) in [7, 11) is 1.68. The summed E-state index contributed by atoms with van der Waals surface area (Å²) in [6, 6.07) is 0. The Hall–Kier alpha value is -0.120. The van der Waals surface area contributed by atoms with Gasteiger partial charge in [0.05, 0.1) is 13.2 Å². The Morgan fingerprint density at radius 2 is 1.92 bits per heavy atom. The lowest BCUT2D eigenvalue weighted by atomic mass is 9.84. The molecule has 0 rings (SSSR count). The first-order valence-corrected chi connectivity index (χ1v) is 4.95. The van der Waals surface area contributed by atoms with Gasteiger partial charge in [-0.2, -0.15) is 0 Å². The van der Waals surface area contributed by atoms with Crippen LogP contribution >= 0.6 is 0 Å². The van der Waals surface area contributed by atoms with E-state index in [9.17, 15) is 0 Å². The van der Waals surface area contributed by atoms with Gasteiger partial charge in [0.25, 0.3) is 0 Å². The fourth-order valence-electron chi connectivity index (χ4n) is 0.986. The van der Waals surface area contributed by atoms with E-state index in [2.05, 4.69) is 13.8 Å². The summed E-state index contributed by atoms with van der Waals surface area (Å²) in [5, 5.41) is 0. The minimum atomic E-state index is 0.243. The molecule has 13 heavy (non-hydrogen) atoms. The highest BCUT2D eigenvalue weighted by atomic mass is 16.5. The molecule has 1 atom stereocenters. The Morgan fingerprint density at radius 3 is 2.38 bits per heavy atom. The third-order valence-corrected chi connectivity index (χ3v) is 2.63. The molecule has 0 spiro atoms. The molecule has 0 aliphatic rings. The van der Waals surface area contributed by atoms with Gasteiger partial charge in [0.2, 0.25) is 0 Å². The molecular weight excluding hydrogens is 166 g/mol. The van der Waals surface area contributed by atoms with Gasteiger partial charge < -0.3 is 15.2 Å². The molecule has 3 heteroatoms. The van der Waals surface area contributed by atoms with E-state index < -0.39 is 0 Å². The molecule has 0 aromatic carbocycles. The zero-order valence-electron chi connectivity index (χ0n) is 9.14. The van der Waals surface area contributed by atoms with Crippen LogP contribution in [0.4, 0.5) is 0 Å². The van der Waals surface area contributed by atoms with Gasteiger partial charge in [-0.1, -0.05) is 13.8 Å². The van der Waals surface area contributed by atoms with Crippen molar-refractivity contribution in [3.8, 4) is 0 Å². The smallest absolute Gasteiger partial charge is 0.0700 e. The van der Waals surface area contributed by atoms with Crippen molar-refractivity contribution in [3.05, 3.63) is 0 Å². The van der Waals surface area contributed by atoms with Crippen molar-refractivity contribution in [2.45, 2.75) is 26.7 Å². The summed E-state index contributed by atoms with van der Waals surface area (Å²) in [4.78, 5) is 0. The molecule has 0 saturated carbocycles. The minimum absolute atomic E-state index is 0.243. The normalized spacial score (nSPS) is 15.7. The maximum absolute atomic E-state index is 5.68. The third kappa shape index (κ3) is 6.02. The Kier molecular flexibility index (Phi) is 7.23. The first-order valence-electron chi connectivity index (χ1n) is 4.95. The first-order chi connectivity index (χ1) is 6.18. The molecule has 1 unspecified atom stereocenters. The highest BCUT2D eigenvalue weighted by molar-refractivity contribution is 4.72. The van der Waals surface area contributed by atoms with E-state index in [1.807, 2.05) is 0 Å². The SMILES string of the molecule is CCC(C)(CN)CCOCCOC. The van der Waals surface area contributed by atoms with E-state index in [1.165, 1.54) is 0 Å². The highest BCUT2D eigenvalue weighted by Crippen LogP contribution is 2.23. The number of hydrogen-bond donors (Lipinski definition) is 1. The summed E-state index contributed by atoms with van der Waals surface area (Å²) < 4.78 is 10.3. The van der Waals surface area contributed by atoms with Crippen LogP contribution in [0.5, 0.6) is 0 Å². The predicted octanol–water partition coefficient (Wildman–Crippen LogP) is 1.41. The van der Waals surface area contributed by atoms with Crippen molar-refractivity contribution in [1.82, 2.24) is 0 Å². The van der Waals surface area contributed by atoms with Gasteiger partial charge in [-0.25, -0.2) is 0 Å². The van der Waals surface area contributed by atoms with Gasteiger partial charge in [-0.15, -0.1) is 0 Å². The van der Waals surface area contributed by atoms with Crippen molar-refractivity contribution >= 4 is 0 Å². The van der Waals surface area contributed by atoms with Gasteiger partial charge in [0.1, 0.15) is 0 Å². The average molecular weight is 189 g/mol. The molecule has 0 radical (unpaired) electrons. The van der Waals surface area contributed by atoms with Crippen molar-refractivity contribution < 1.29 is 9.47 Å². The molecule has 0 aromatic rings. The second kappa shape index (κ2) is 7.30. The Bertz CT molecular complexity index is 113. The molecule has 0 aliphatic carbocycles. The molecule has 3 nitrogen and oxygen atoms in total. The van der Waals surface area contributed by atoms with E-state index in [0.29, 0.717) is 13.2 Å². The summed E-state index contributed by atoms with van der Waals surface area (Å²) >= 11 is 0. The van der Waals surface area contributed by atoms with Crippen LogP contribution in [0.1, 0.15) is 26.7 Å². The lowest BCUT2D eigenvalue weighted by Crippen LogP contribution is -2.28. The van der Waals surface area contributed by atoms with Crippen LogP contribution in [-0.4, -0.2) is 33.5 Å². The van der Waals surface area contributed by atoms with Gasteiger partial charge in [-0.3, -0.25) is 0 Å². The molecule has 2 N–H and O–H groups in total. The van der Waals surface area contributed by atoms with Gasteiger partial charge in [0.15, 0.2) is 0 Å². The predicted molar refractivity (Wildman–Crippen MR) is 54.8 cm³/mol. The molecule has 80 valence electrons. The van der Waals surface area contributed by atoms with Crippen LogP contribution in [-0.2, 0) is 9.47 Å². The van der Waals surface area contributed by atoms with E-state index in [0.717, 1.165) is 26.0 Å². The zero-order valence-corrected chi connectivity index (χ0v) is 9.14. The standard InChI is InChI=1S/C10H23NO2/c1-4-10(2,9-11)5-6-13-8-7-12-3/h4-9,11H2,1-3H3. The number of rotatable bonds is 8. The summed E-state index contributed by atoms with van der Waals surface area (Å²) in [5.41, 5.74) is 5.92. The molecule has 0 aromatic heterocycles. The van der Waals surface area contributed by atoms with Crippen LogP contribution in [0, 0.1) is 5.41 Å². The third-order valence-electron chi connectivity index (χ3n) is 2.63. The average Bonchev–Trinajstić information content (AvgIpc) is 2.17. The fourth-order valence-corrected chi connectivity index (χ4v) is 0.986. The second-order valence-corrected chi connectivity index (χ2v) is 3.72. The quantitative estimate of drug-likeness (QED) is 0.587. The number of nitrogens with two attached hydrogens (primary N) is 1. The highest BCUT2D eigenvalue weighted by Gasteiger charge is 2.19. The van der Waals surface area contributed by atoms with Gasteiger partial charge in [-0.05, 0) is 24.8 Å². The number of methoxy groups -OCH3 is 1. The minimum Gasteiger partial charge on any atom is -0.382 e. The zero-order chi connectivity index (χ0) is 10.2. The van der Waals surface area contributed by atoms with E-state index in [1.54, 1.807) is 7.11 Å². The van der Waals surface area contributed by atoms with Gasteiger partial charge >= 0.3 is 0 Å². The monoisotopic (exact) mass is 189 g/mol. The van der Waals surface area contributed by atoms with Crippen LogP contribution < -0.4 is 5.73 Å². The van der Waals surface area contributed by atoms with E-state index in [-0.39, 0.29) is 5.41 Å². The van der Waals surface area contributed by atoms with Crippen molar-refractivity contribution in [2.75, 3.05) is 33.5 Å². The van der Waals surface area contributed by atoms with Crippen LogP contribution in [0.15, 0.2) is 0 Å². The fraction of sp³-hybridized carbons (Fsp3) is 1.00. The Morgan fingerprint density at radius 1 is 1.23 bits per heavy atom. The molecule has 0 aliphatic heterocycles. The largest absolute Gasteiger partial charge is 0.382 e. The van der Waals surface area contributed by atoms with Crippen LogP contribution in [0.3, 0.4) is 0 Å². The maximum atomic E-state index is 5.68. The van der Waals surface area contributed by atoms with E-state index >= 15 is 0 Å². The van der Waals surface area contributed by atoms with Crippen molar-refractivity contribution in [1.29, 1.82) is 0 Å². The molecule has 0 saturated heterocycles. The molecular formula is C10H23NO2. The first kappa shape index (κ1) is 12.9. The van der Waals surface area contributed by atoms with Crippen LogP contribution in [0.2, 0.25) is 0 Å². The molecule has 0 heterocycles. The lowest BCUT2D eigenvalue weighted by molar-refractivity contribution is 0.0540. The van der Waals surface area contributed by atoms with E-state index in [4.69, 9.17) is 15.2 Å². The van der Waals surface area contributed by atoms with Crippen LogP contribution in [0.25, 0.3) is 0 Å². The summed E-state index contributed by atoms with van der Waals surface area (Å²) in [5.74, 6) is 0. The lowest BCUT2D eigenvalue weighted by Gasteiger charge is -2.25. The molecule has 0 bridgehead atoms. The second-order valence-electron chi connectivity index (χ2n) is 3.72. The van der Waals surface area contributed by atoms with Gasteiger partial charge in [0, 0.05) is 13.7 Å². The Labute approximate surface area is 81.6 Å². The van der Waals surface area contributed by atoms with Crippen molar-refractivity contribution in [2.24, 2.45) is 11.1 Å². The van der Waals surface area contributed by atoms with Crippen molar-refractivity contribution in [3.63, 3.8) is 0 Å². The number of ether oxygens (including phenoxy) is 2. The number of hydrogen-bond acceptors (Lipinski definition) is 3. The molecule has 0 amide bonds. The topological polar surface area (TPSA) is 44.5 Å². The maximum Gasteiger partial charge on any atom is 0.0700 e. The summed E-state index contributed by atoms with van der Waals surface area (Å²) in [6.45, 7) is 7.24.